The standard InChI is InChI=1S/C10H14O5.Li/c1-7(2)10(13)15-5-4-14-9(12)6-8(3)11;/h6,11H,1,4-5H2,2-3H3;/q;+1/p-1. The van der Waals surface area contributed by atoms with Gasteiger partial charge >= 0.3 is 30.8 Å². The van der Waals surface area contributed by atoms with E-state index in [-0.39, 0.29) is 43.4 Å². The van der Waals surface area contributed by atoms with Crippen LogP contribution >= 0.6 is 0 Å². The molecule has 0 aliphatic heterocycles. The maximum atomic E-state index is 10.8. The van der Waals surface area contributed by atoms with Crippen LogP contribution in [0, 0.1) is 0 Å². The zero-order valence-electron chi connectivity index (χ0n) is 9.74. The molecule has 0 N–H and O–H groups in total. The molecule has 0 aliphatic carbocycles. The molecule has 0 atom stereocenters. The number of allylic oxidation sites excluding steroid dienone is 1. The molecule has 6 heteroatoms. The predicted molar refractivity (Wildman–Crippen MR) is 50.5 cm³/mol. The van der Waals surface area contributed by atoms with Gasteiger partial charge in [0.15, 0.2) is 0 Å². The minimum atomic E-state index is -0.742. The maximum absolute atomic E-state index is 10.8. The Morgan fingerprint density at radius 2 is 1.75 bits per heavy atom. The summed E-state index contributed by atoms with van der Waals surface area (Å²) in [7, 11) is 0. The van der Waals surface area contributed by atoms with E-state index >= 15 is 0 Å². The summed E-state index contributed by atoms with van der Waals surface area (Å²) in [5.41, 5.74) is 0.275. The normalized spacial score (nSPS) is 10.0. The summed E-state index contributed by atoms with van der Waals surface area (Å²) in [4.78, 5) is 21.6. The summed E-state index contributed by atoms with van der Waals surface area (Å²) >= 11 is 0. The molecule has 0 bridgehead atoms. The van der Waals surface area contributed by atoms with E-state index in [0.717, 1.165) is 6.08 Å². The summed E-state index contributed by atoms with van der Waals surface area (Å²) in [6.45, 7) is 5.99. The van der Waals surface area contributed by atoms with Crippen LogP contribution in [0.2, 0.25) is 0 Å². The van der Waals surface area contributed by atoms with Gasteiger partial charge in [-0.15, -0.1) is 5.76 Å². The molecule has 0 aromatic carbocycles. The molecule has 0 radical (unpaired) electrons. The minimum Gasteiger partial charge on any atom is -0.875 e. The second-order valence-electron chi connectivity index (χ2n) is 2.84. The van der Waals surface area contributed by atoms with Gasteiger partial charge in [-0.25, -0.2) is 9.59 Å². The van der Waals surface area contributed by atoms with Gasteiger partial charge in [0.2, 0.25) is 0 Å². The number of carbonyl (C=O) groups is 2. The van der Waals surface area contributed by atoms with Gasteiger partial charge in [-0.05, 0) is 6.92 Å². The molecular formula is C10H13LiO5. The number of hydrogen-bond donors (Lipinski definition) is 0. The van der Waals surface area contributed by atoms with E-state index in [4.69, 9.17) is 0 Å². The van der Waals surface area contributed by atoms with Crippen molar-refractivity contribution in [2.45, 2.75) is 13.8 Å². The third-order valence-electron chi connectivity index (χ3n) is 1.23. The SMILES string of the molecule is C=C(C)C(=O)OCCOC(=O)C=C(C)[O-].[Li+]. The Labute approximate surface area is 106 Å². The van der Waals surface area contributed by atoms with Gasteiger partial charge < -0.3 is 14.6 Å². The summed E-state index contributed by atoms with van der Waals surface area (Å²) in [6.07, 6.45) is 0.820. The summed E-state index contributed by atoms with van der Waals surface area (Å²) in [5, 5.41) is 10.4. The molecule has 0 fully saturated rings. The van der Waals surface area contributed by atoms with Gasteiger partial charge in [0.25, 0.3) is 0 Å². The number of carbonyl (C=O) groups excluding carboxylic acids is 2. The van der Waals surface area contributed by atoms with Crippen LogP contribution in [0.25, 0.3) is 0 Å². The van der Waals surface area contributed by atoms with Crippen molar-refractivity contribution < 1.29 is 43.0 Å². The summed E-state index contributed by atoms with van der Waals surface area (Å²) in [5.74, 6) is -1.67. The molecule has 0 saturated heterocycles. The van der Waals surface area contributed by atoms with Crippen molar-refractivity contribution in [3.63, 3.8) is 0 Å². The number of hydrogen-bond acceptors (Lipinski definition) is 5. The van der Waals surface area contributed by atoms with Gasteiger partial charge in [0, 0.05) is 11.6 Å². The number of rotatable bonds is 5. The number of ether oxygens (including phenoxy) is 2. The summed E-state index contributed by atoms with van der Waals surface area (Å²) in [6, 6.07) is 0. The molecule has 0 aromatic heterocycles. The molecule has 0 amide bonds. The third kappa shape index (κ3) is 9.38. The van der Waals surface area contributed by atoms with Crippen molar-refractivity contribution >= 4 is 11.9 Å². The van der Waals surface area contributed by atoms with E-state index in [1.54, 1.807) is 0 Å². The molecule has 0 rings (SSSR count). The Bertz CT molecular complexity index is 292. The molecule has 0 saturated carbocycles. The molecular weight excluding hydrogens is 207 g/mol. The Balaban J connectivity index is 0. The smallest absolute Gasteiger partial charge is 0.875 e. The quantitative estimate of drug-likeness (QED) is 0.161. The fourth-order valence-electron chi connectivity index (χ4n) is 0.607. The Kier molecular flexibility index (Phi) is 9.76. The van der Waals surface area contributed by atoms with E-state index in [1.165, 1.54) is 13.8 Å². The fourth-order valence-corrected chi connectivity index (χ4v) is 0.607. The molecule has 0 aromatic rings. The van der Waals surface area contributed by atoms with Crippen molar-refractivity contribution in [2.75, 3.05) is 13.2 Å². The minimum absolute atomic E-state index is 0. The average molecular weight is 220 g/mol. The first-order chi connectivity index (χ1) is 6.93. The second kappa shape index (κ2) is 9.07. The molecule has 0 aliphatic rings. The Morgan fingerprint density at radius 1 is 1.25 bits per heavy atom. The van der Waals surface area contributed by atoms with Gasteiger partial charge in [0.05, 0.1) is 0 Å². The predicted octanol–water partition coefficient (Wildman–Crippen LogP) is -3.08. The molecule has 16 heavy (non-hydrogen) atoms. The zero-order chi connectivity index (χ0) is 11.8. The van der Waals surface area contributed by atoms with Crippen LogP contribution in [0.3, 0.4) is 0 Å². The van der Waals surface area contributed by atoms with Crippen LogP contribution in [-0.2, 0) is 19.1 Å². The zero-order valence-corrected chi connectivity index (χ0v) is 9.74. The van der Waals surface area contributed by atoms with Crippen LogP contribution in [0.1, 0.15) is 13.8 Å². The van der Waals surface area contributed by atoms with E-state index < -0.39 is 11.9 Å². The van der Waals surface area contributed by atoms with Crippen molar-refractivity contribution in [1.82, 2.24) is 0 Å². The van der Waals surface area contributed by atoms with Gasteiger partial charge in [0.1, 0.15) is 13.2 Å². The third-order valence-corrected chi connectivity index (χ3v) is 1.23. The Hall–Kier alpha value is -1.18. The Morgan fingerprint density at radius 3 is 2.19 bits per heavy atom. The molecule has 84 valence electrons. The molecule has 0 unspecified atom stereocenters. The molecule has 0 spiro atoms. The van der Waals surface area contributed by atoms with E-state index in [9.17, 15) is 14.7 Å². The largest absolute Gasteiger partial charge is 1.00 e. The maximum Gasteiger partial charge on any atom is 1.00 e. The van der Waals surface area contributed by atoms with E-state index in [2.05, 4.69) is 16.1 Å². The topological polar surface area (TPSA) is 75.7 Å². The van der Waals surface area contributed by atoms with E-state index in [1.807, 2.05) is 0 Å². The van der Waals surface area contributed by atoms with Gasteiger partial charge in [-0.3, -0.25) is 0 Å². The first-order valence-electron chi connectivity index (χ1n) is 4.28. The van der Waals surface area contributed by atoms with Crippen molar-refractivity contribution in [1.29, 1.82) is 0 Å². The van der Waals surface area contributed by atoms with Crippen molar-refractivity contribution in [3.05, 3.63) is 24.0 Å². The van der Waals surface area contributed by atoms with Crippen LogP contribution in [0.15, 0.2) is 24.0 Å². The summed E-state index contributed by atoms with van der Waals surface area (Å²) < 4.78 is 9.21. The van der Waals surface area contributed by atoms with Crippen LogP contribution < -0.4 is 24.0 Å². The average Bonchev–Trinajstić information content (AvgIpc) is 2.10. The monoisotopic (exact) mass is 220 g/mol. The van der Waals surface area contributed by atoms with Crippen molar-refractivity contribution in [3.8, 4) is 0 Å². The number of esters is 2. The first-order valence-corrected chi connectivity index (χ1v) is 4.28. The van der Waals surface area contributed by atoms with Gasteiger partial charge in [-0.2, -0.15) is 0 Å². The first kappa shape index (κ1) is 17.2. The van der Waals surface area contributed by atoms with Crippen LogP contribution in [0.4, 0.5) is 0 Å². The van der Waals surface area contributed by atoms with E-state index in [0.29, 0.717) is 0 Å². The molecule has 0 heterocycles. The van der Waals surface area contributed by atoms with Crippen molar-refractivity contribution in [2.24, 2.45) is 0 Å². The second-order valence-corrected chi connectivity index (χ2v) is 2.84. The fraction of sp³-hybridized carbons (Fsp3) is 0.400. The van der Waals surface area contributed by atoms with Gasteiger partial charge in [-0.1, -0.05) is 13.5 Å². The van der Waals surface area contributed by atoms with Crippen LogP contribution in [0.5, 0.6) is 0 Å². The van der Waals surface area contributed by atoms with Crippen LogP contribution in [-0.4, -0.2) is 25.2 Å². The molecule has 5 nitrogen and oxygen atoms in total.